The average molecular weight is 524 g/mol. The highest BCUT2D eigenvalue weighted by Crippen LogP contribution is 2.32. The van der Waals surface area contributed by atoms with E-state index >= 15 is 0 Å². The molecule has 162 valence electrons. The molecule has 2 aliphatic rings. The van der Waals surface area contributed by atoms with Crippen LogP contribution in [0.4, 0.5) is 0 Å². The first-order valence-corrected chi connectivity index (χ1v) is 9.94. The number of aliphatic imine (C=N–C) groups is 1. The number of benzene rings is 2. The van der Waals surface area contributed by atoms with Crippen molar-refractivity contribution in [1.82, 2.24) is 15.1 Å². The summed E-state index contributed by atoms with van der Waals surface area (Å²) in [5.41, 5.74) is 2.43. The van der Waals surface area contributed by atoms with Gasteiger partial charge in [-0.1, -0.05) is 18.2 Å². The summed E-state index contributed by atoms with van der Waals surface area (Å²) >= 11 is 0. The van der Waals surface area contributed by atoms with Gasteiger partial charge in [-0.15, -0.1) is 24.0 Å². The van der Waals surface area contributed by atoms with Crippen LogP contribution in [0.15, 0.2) is 47.5 Å². The van der Waals surface area contributed by atoms with Crippen LogP contribution in [0.2, 0.25) is 0 Å². The summed E-state index contributed by atoms with van der Waals surface area (Å²) < 4.78 is 16.2. The van der Waals surface area contributed by atoms with Gasteiger partial charge in [-0.3, -0.25) is 9.89 Å². The minimum absolute atomic E-state index is 0. The maximum absolute atomic E-state index is 5.49. The Kier molecular flexibility index (Phi) is 8.03. The molecule has 2 heterocycles. The second kappa shape index (κ2) is 10.7. The van der Waals surface area contributed by atoms with Crippen molar-refractivity contribution in [3.8, 4) is 17.2 Å². The number of ether oxygens (including phenoxy) is 3. The third kappa shape index (κ3) is 5.48. The molecule has 7 nitrogen and oxygen atoms in total. The molecule has 1 saturated heterocycles. The second-order valence-corrected chi connectivity index (χ2v) is 7.20. The molecule has 0 atom stereocenters. The van der Waals surface area contributed by atoms with Gasteiger partial charge in [-0.25, -0.2) is 0 Å². The zero-order valence-electron chi connectivity index (χ0n) is 17.5. The number of methoxy groups -OCH3 is 1. The van der Waals surface area contributed by atoms with E-state index in [1.54, 1.807) is 7.11 Å². The number of hydrogen-bond donors (Lipinski definition) is 1. The minimum Gasteiger partial charge on any atom is -0.497 e. The molecular formula is C22H29IN4O3. The van der Waals surface area contributed by atoms with Crippen LogP contribution in [0, 0.1) is 0 Å². The maximum atomic E-state index is 5.49. The normalized spacial score (nSPS) is 16.2. The molecule has 0 amide bonds. The van der Waals surface area contributed by atoms with E-state index in [1.165, 1.54) is 11.1 Å². The van der Waals surface area contributed by atoms with Crippen molar-refractivity contribution < 1.29 is 14.2 Å². The Morgan fingerprint density at radius 2 is 1.83 bits per heavy atom. The molecule has 0 aromatic heterocycles. The van der Waals surface area contributed by atoms with Crippen LogP contribution in [0.1, 0.15) is 11.1 Å². The van der Waals surface area contributed by atoms with Crippen molar-refractivity contribution in [3.05, 3.63) is 53.6 Å². The van der Waals surface area contributed by atoms with Gasteiger partial charge in [0.1, 0.15) is 5.75 Å². The third-order valence-electron chi connectivity index (χ3n) is 5.31. The van der Waals surface area contributed by atoms with Crippen molar-refractivity contribution in [3.63, 3.8) is 0 Å². The molecule has 0 unspecified atom stereocenters. The van der Waals surface area contributed by atoms with Gasteiger partial charge in [-0.2, -0.15) is 0 Å². The number of halogens is 1. The molecule has 2 aliphatic heterocycles. The quantitative estimate of drug-likeness (QED) is 0.369. The average Bonchev–Trinajstić information content (AvgIpc) is 3.23. The van der Waals surface area contributed by atoms with E-state index < -0.39 is 0 Å². The van der Waals surface area contributed by atoms with Crippen molar-refractivity contribution in [1.29, 1.82) is 0 Å². The summed E-state index contributed by atoms with van der Waals surface area (Å²) in [6, 6.07) is 14.3. The Labute approximate surface area is 195 Å². The number of piperazine rings is 1. The first-order valence-electron chi connectivity index (χ1n) is 9.94. The summed E-state index contributed by atoms with van der Waals surface area (Å²) in [6.45, 7) is 5.84. The van der Waals surface area contributed by atoms with Gasteiger partial charge in [-0.05, 0) is 35.4 Å². The highest BCUT2D eigenvalue weighted by atomic mass is 127. The van der Waals surface area contributed by atoms with Crippen LogP contribution in [0.25, 0.3) is 0 Å². The maximum Gasteiger partial charge on any atom is 0.231 e. The second-order valence-electron chi connectivity index (χ2n) is 7.20. The van der Waals surface area contributed by atoms with E-state index in [-0.39, 0.29) is 24.0 Å². The van der Waals surface area contributed by atoms with Gasteiger partial charge in [0.15, 0.2) is 17.5 Å². The summed E-state index contributed by atoms with van der Waals surface area (Å²) in [5.74, 6) is 3.50. The Morgan fingerprint density at radius 3 is 2.60 bits per heavy atom. The number of hydrogen-bond acceptors (Lipinski definition) is 5. The lowest BCUT2D eigenvalue weighted by atomic mass is 10.1. The Hall–Kier alpha value is -2.20. The lowest BCUT2D eigenvalue weighted by Crippen LogP contribution is -2.52. The van der Waals surface area contributed by atoms with Crippen LogP contribution in [0.3, 0.4) is 0 Å². The molecule has 0 aliphatic carbocycles. The fourth-order valence-electron chi connectivity index (χ4n) is 3.71. The van der Waals surface area contributed by atoms with E-state index in [1.807, 2.05) is 31.3 Å². The highest BCUT2D eigenvalue weighted by molar-refractivity contribution is 14.0. The van der Waals surface area contributed by atoms with Crippen LogP contribution in [0.5, 0.6) is 17.2 Å². The van der Waals surface area contributed by atoms with Crippen LogP contribution >= 0.6 is 24.0 Å². The zero-order chi connectivity index (χ0) is 20.1. The molecule has 2 aromatic carbocycles. The molecule has 0 radical (unpaired) electrons. The highest BCUT2D eigenvalue weighted by Gasteiger charge is 2.21. The first kappa shape index (κ1) is 22.5. The summed E-state index contributed by atoms with van der Waals surface area (Å²) in [6.07, 6.45) is 0. The standard InChI is InChI=1S/C22H28N4O3.HI/c1-23-22(24-14-17-4-3-5-19(12-17)27-2)26-10-8-25(9-11-26)15-18-6-7-20-21(13-18)29-16-28-20;/h3-7,12-13H,8-11,14-16H2,1-2H3,(H,23,24);1H. The number of nitrogens with one attached hydrogen (secondary N) is 1. The number of fused-ring (bicyclic) bond motifs is 1. The number of nitrogens with zero attached hydrogens (tertiary/aromatic N) is 3. The van der Waals surface area contributed by atoms with Gasteiger partial charge < -0.3 is 24.4 Å². The third-order valence-corrected chi connectivity index (χ3v) is 5.31. The van der Waals surface area contributed by atoms with Gasteiger partial charge in [0, 0.05) is 46.3 Å². The first-order chi connectivity index (χ1) is 14.2. The van der Waals surface area contributed by atoms with Crippen molar-refractivity contribution >= 4 is 29.9 Å². The van der Waals surface area contributed by atoms with E-state index in [0.717, 1.165) is 62.5 Å². The molecular weight excluding hydrogens is 495 g/mol. The molecule has 8 heteroatoms. The predicted octanol–water partition coefficient (Wildman–Crippen LogP) is 2.94. The Balaban J connectivity index is 0.00000256. The number of rotatable bonds is 5. The number of guanidine groups is 1. The van der Waals surface area contributed by atoms with Gasteiger partial charge >= 0.3 is 0 Å². The molecule has 0 bridgehead atoms. The zero-order valence-corrected chi connectivity index (χ0v) is 19.8. The van der Waals surface area contributed by atoms with E-state index in [9.17, 15) is 0 Å². The van der Waals surface area contributed by atoms with E-state index in [4.69, 9.17) is 14.2 Å². The van der Waals surface area contributed by atoms with Gasteiger partial charge in [0.2, 0.25) is 6.79 Å². The molecule has 1 fully saturated rings. The van der Waals surface area contributed by atoms with Crippen LogP contribution < -0.4 is 19.5 Å². The molecule has 0 saturated carbocycles. The predicted molar refractivity (Wildman–Crippen MR) is 128 cm³/mol. The fourth-order valence-corrected chi connectivity index (χ4v) is 3.71. The van der Waals surface area contributed by atoms with Crippen LogP contribution in [-0.4, -0.2) is 62.9 Å². The largest absolute Gasteiger partial charge is 0.497 e. The topological polar surface area (TPSA) is 58.6 Å². The monoisotopic (exact) mass is 524 g/mol. The Bertz CT molecular complexity index is 869. The molecule has 30 heavy (non-hydrogen) atoms. The lowest BCUT2D eigenvalue weighted by molar-refractivity contribution is 0.171. The smallest absolute Gasteiger partial charge is 0.231 e. The summed E-state index contributed by atoms with van der Waals surface area (Å²) in [7, 11) is 3.53. The summed E-state index contributed by atoms with van der Waals surface area (Å²) in [5, 5.41) is 3.47. The van der Waals surface area contributed by atoms with Crippen LogP contribution in [-0.2, 0) is 13.1 Å². The van der Waals surface area contributed by atoms with Crippen molar-refractivity contribution in [2.45, 2.75) is 13.1 Å². The van der Waals surface area contributed by atoms with Gasteiger partial charge in [0.25, 0.3) is 0 Å². The fraction of sp³-hybridized carbons (Fsp3) is 0.409. The lowest BCUT2D eigenvalue weighted by Gasteiger charge is -2.36. The van der Waals surface area contributed by atoms with Crippen molar-refractivity contribution in [2.75, 3.05) is 47.1 Å². The molecule has 1 N–H and O–H groups in total. The summed E-state index contributed by atoms with van der Waals surface area (Å²) in [4.78, 5) is 9.25. The van der Waals surface area contributed by atoms with Gasteiger partial charge in [0.05, 0.1) is 7.11 Å². The SMILES string of the molecule is CN=C(NCc1cccc(OC)c1)N1CCN(Cc2ccc3c(c2)OCO3)CC1.I. The molecule has 2 aromatic rings. The molecule has 4 rings (SSSR count). The van der Waals surface area contributed by atoms with E-state index in [2.05, 4.69) is 38.3 Å². The molecule has 0 spiro atoms. The Morgan fingerprint density at radius 1 is 1.03 bits per heavy atom. The van der Waals surface area contributed by atoms with Crippen molar-refractivity contribution in [2.24, 2.45) is 4.99 Å². The van der Waals surface area contributed by atoms with E-state index in [0.29, 0.717) is 6.79 Å². The minimum atomic E-state index is 0.